The number of hydrogen-bond donors (Lipinski definition) is 0. The van der Waals surface area contributed by atoms with Crippen molar-refractivity contribution >= 4 is 23.4 Å². The van der Waals surface area contributed by atoms with Crippen LogP contribution in [0.5, 0.6) is 0 Å². The monoisotopic (exact) mass is 375 g/mol. The van der Waals surface area contributed by atoms with E-state index in [-0.39, 0.29) is 5.91 Å². The summed E-state index contributed by atoms with van der Waals surface area (Å²) in [6, 6.07) is 14.5. The Labute approximate surface area is 164 Å². The molecule has 4 heteroatoms. The van der Waals surface area contributed by atoms with Crippen LogP contribution in [0.15, 0.2) is 83.3 Å². The molecule has 1 fully saturated rings. The zero-order valence-electron chi connectivity index (χ0n) is 15.5. The van der Waals surface area contributed by atoms with Crippen LogP contribution in [0.1, 0.15) is 18.4 Å². The summed E-state index contributed by atoms with van der Waals surface area (Å²) in [6.07, 6.45) is 7.75. The van der Waals surface area contributed by atoms with Crippen LogP contribution < -0.4 is 4.90 Å². The Bertz CT molecular complexity index is 1000. The molecule has 27 heavy (non-hydrogen) atoms. The molecule has 3 nitrogen and oxygen atoms in total. The summed E-state index contributed by atoms with van der Waals surface area (Å²) in [4.78, 5) is 15.9. The second-order valence-corrected chi connectivity index (χ2v) is 7.45. The van der Waals surface area contributed by atoms with Crippen molar-refractivity contribution in [3.8, 4) is 11.1 Å². The van der Waals surface area contributed by atoms with E-state index < -0.39 is 0 Å². The summed E-state index contributed by atoms with van der Waals surface area (Å²) in [5.41, 5.74) is 4.77. The molecule has 4 rings (SSSR count). The highest BCUT2D eigenvalue weighted by Crippen LogP contribution is 2.38. The molecule has 1 aliphatic heterocycles. The van der Waals surface area contributed by atoms with Gasteiger partial charge >= 0.3 is 0 Å². The van der Waals surface area contributed by atoms with Crippen molar-refractivity contribution in [3.63, 3.8) is 0 Å². The van der Waals surface area contributed by atoms with Gasteiger partial charge in [0.2, 0.25) is 0 Å². The topological polar surface area (TPSA) is 29.5 Å². The highest BCUT2D eigenvalue weighted by atomic mass is 32.2. The first kappa shape index (κ1) is 17.7. The van der Waals surface area contributed by atoms with Gasteiger partial charge in [0.1, 0.15) is 5.76 Å². The summed E-state index contributed by atoms with van der Waals surface area (Å²) in [6.45, 7) is 5.99. The molecular weight excluding hydrogens is 354 g/mol. The Morgan fingerprint density at radius 2 is 1.89 bits per heavy atom. The first-order chi connectivity index (χ1) is 13.1. The highest BCUT2D eigenvalue weighted by Gasteiger charge is 2.34. The molecule has 0 unspecified atom stereocenters. The molecular formula is C23H21NO2S. The SMILES string of the molecule is C=C1OC2=CCCC=C2C(=O)N1c1ccc(-c2ccccc2SC)cc1C. The number of hydrogen-bond acceptors (Lipinski definition) is 3. The van der Waals surface area contributed by atoms with Crippen molar-refractivity contribution in [3.05, 3.63) is 84.0 Å². The van der Waals surface area contributed by atoms with Crippen LogP contribution in [-0.4, -0.2) is 12.2 Å². The second-order valence-electron chi connectivity index (χ2n) is 6.60. The van der Waals surface area contributed by atoms with Gasteiger partial charge in [0.15, 0.2) is 5.88 Å². The maximum atomic E-state index is 13.1. The van der Waals surface area contributed by atoms with E-state index in [1.54, 1.807) is 16.7 Å². The lowest BCUT2D eigenvalue weighted by Crippen LogP contribution is -2.38. The van der Waals surface area contributed by atoms with Gasteiger partial charge < -0.3 is 4.74 Å². The summed E-state index contributed by atoms with van der Waals surface area (Å²) < 4.78 is 5.83. The van der Waals surface area contributed by atoms with Crippen molar-refractivity contribution in [1.29, 1.82) is 0 Å². The van der Waals surface area contributed by atoms with E-state index in [9.17, 15) is 4.79 Å². The van der Waals surface area contributed by atoms with Gasteiger partial charge in [-0.25, -0.2) is 4.90 Å². The molecule has 1 saturated heterocycles. The van der Waals surface area contributed by atoms with Crippen molar-refractivity contribution < 1.29 is 9.53 Å². The molecule has 2 aromatic rings. The molecule has 1 aliphatic carbocycles. The fourth-order valence-electron chi connectivity index (χ4n) is 3.55. The van der Waals surface area contributed by atoms with Crippen LogP contribution in [0.4, 0.5) is 5.69 Å². The lowest BCUT2D eigenvalue weighted by atomic mass is 9.99. The number of allylic oxidation sites excluding steroid dienone is 2. The number of aryl methyl sites for hydroxylation is 1. The summed E-state index contributed by atoms with van der Waals surface area (Å²) >= 11 is 1.73. The van der Waals surface area contributed by atoms with E-state index in [2.05, 4.69) is 37.1 Å². The number of fused-ring (bicyclic) bond motifs is 1. The van der Waals surface area contributed by atoms with Gasteiger partial charge in [-0.05, 0) is 73.6 Å². The van der Waals surface area contributed by atoms with Gasteiger partial charge in [-0.15, -0.1) is 11.8 Å². The van der Waals surface area contributed by atoms with E-state index in [1.807, 2.05) is 37.3 Å². The Morgan fingerprint density at radius 1 is 1.11 bits per heavy atom. The Hall–Kier alpha value is -2.72. The van der Waals surface area contributed by atoms with E-state index >= 15 is 0 Å². The Balaban J connectivity index is 1.73. The number of amides is 1. The number of nitrogens with zero attached hydrogens (tertiary/aromatic N) is 1. The van der Waals surface area contributed by atoms with Crippen molar-refractivity contribution in [2.24, 2.45) is 0 Å². The lowest BCUT2D eigenvalue weighted by Gasteiger charge is -2.33. The minimum absolute atomic E-state index is 0.0717. The summed E-state index contributed by atoms with van der Waals surface area (Å²) in [5, 5.41) is 0. The van der Waals surface area contributed by atoms with Gasteiger partial charge in [-0.3, -0.25) is 4.79 Å². The highest BCUT2D eigenvalue weighted by molar-refractivity contribution is 7.98. The molecule has 0 bridgehead atoms. The van der Waals surface area contributed by atoms with Crippen LogP contribution in [0, 0.1) is 6.92 Å². The van der Waals surface area contributed by atoms with Crippen LogP contribution in [0.3, 0.4) is 0 Å². The quantitative estimate of drug-likeness (QED) is 0.633. The molecule has 0 spiro atoms. The first-order valence-electron chi connectivity index (χ1n) is 8.96. The van der Waals surface area contributed by atoms with Crippen molar-refractivity contribution in [2.75, 3.05) is 11.2 Å². The molecule has 0 saturated carbocycles. The second kappa shape index (κ2) is 7.12. The van der Waals surface area contributed by atoms with Crippen LogP contribution in [0.2, 0.25) is 0 Å². The van der Waals surface area contributed by atoms with Crippen molar-refractivity contribution in [2.45, 2.75) is 24.7 Å². The van der Waals surface area contributed by atoms with Gasteiger partial charge in [0.25, 0.3) is 5.91 Å². The average Bonchev–Trinajstić information content (AvgIpc) is 2.69. The summed E-state index contributed by atoms with van der Waals surface area (Å²) in [7, 11) is 0. The maximum absolute atomic E-state index is 13.1. The average molecular weight is 375 g/mol. The molecule has 0 atom stereocenters. The van der Waals surface area contributed by atoms with Gasteiger partial charge in [0, 0.05) is 4.90 Å². The minimum atomic E-state index is -0.0717. The number of anilines is 1. The number of carbonyl (C=O) groups excluding carboxylic acids is 1. The predicted molar refractivity (Wildman–Crippen MR) is 112 cm³/mol. The first-order valence-corrected chi connectivity index (χ1v) is 10.2. The number of benzene rings is 2. The smallest absolute Gasteiger partial charge is 0.268 e. The fourth-order valence-corrected chi connectivity index (χ4v) is 4.17. The molecule has 0 aromatic heterocycles. The Kier molecular flexibility index (Phi) is 4.66. The zero-order chi connectivity index (χ0) is 19.0. The van der Waals surface area contributed by atoms with E-state index in [4.69, 9.17) is 4.74 Å². The molecule has 2 aliphatic rings. The third-order valence-electron chi connectivity index (χ3n) is 4.88. The largest absolute Gasteiger partial charge is 0.441 e. The van der Waals surface area contributed by atoms with Gasteiger partial charge in [0.05, 0.1) is 11.3 Å². The number of ether oxygens (including phenoxy) is 1. The molecule has 1 amide bonds. The third kappa shape index (κ3) is 3.10. The molecule has 1 heterocycles. The third-order valence-corrected chi connectivity index (χ3v) is 5.67. The van der Waals surface area contributed by atoms with Crippen LogP contribution >= 0.6 is 11.8 Å². The fraction of sp³-hybridized carbons (Fsp3) is 0.174. The Morgan fingerprint density at radius 3 is 2.67 bits per heavy atom. The lowest BCUT2D eigenvalue weighted by molar-refractivity contribution is -0.116. The zero-order valence-corrected chi connectivity index (χ0v) is 16.3. The van der Waals surface area contributed by atoms with Crippen molar-refractivity contribution in [1.82, 2.24) is 0 Å². The molecule has 136 valence electrons. The molecule has 2 aromatic carbocycles. The van der Waals surface area contributed by atoms with Crippen LogP contribution in [-0.2, 0) is 9.53 Å². The van der Waals surface area contributed by atoms with Gasteiger partial charge in [-0.1, -0.05) is 30.3 Å². The van der Waals surface area contributed by atoms with E-state index in [0.717, 1.165) is 29.7 Å². The van der Waals surface area contributed by atoms with E-state index in [0.29, 0.717) is 17.2 Å². The number of thioether (sulfide) groups is 1. The minimum Gasteiger partial charge on any atom is -0.441 e. The predicted octanol–water partition coefficient (Wildman–Crippen LogP) is 5.82. The molecule has 0 N–H and O–H groups in total. The standard InChI is InChI=1S/C23H21NO2S/c1-15-14-17(18-8-5-7-11-22(18)27-3)12-13-20(15)24-16(2)26-21-10-6-4-9-19(21)23(24)25/h5,7-14H,2,4,6H2,1,3H3. The number of carbonyl (C=O) groups is 1. The van der Waals surface area contributed by atoms with Crippen LogP contribution in [0.25, 0.3) is 11.1 Å². The number of rotatable bonds is 3. The van der Waals surface area contributed by atoms with Gasteiger partial charge in [-0.2, -0.15) is 0 Å². The molecule has 0 radical (unpaired) electrons. The maximum Gasteiger partial charge on any atom is 0.268 e. The normalized spacial score (nSPS) is 16.4. The summed E-state index contributed by atoms with van der Waals surface area (Å²) in [5.74, 6) is 0.916. The van der Waals surface area contributed by atoms with E-state index in [1.165, 1.54) is 10.5 Å².